The second kappa shape index (κ2) is 5.97. The van der Waals surface area contributed by atoms with E-state index in [0.29, 0.717) is 6.54 Å². The van der Waals surface area contributed by atoms with Gasteiger partial charge in [-0.05, 0) is 30.9 Å². The molecular weight excluding hydrogens is 303 g/mol. The van der Waals surface area contributed by atoms with E-state index >= 15 is 0 Å². The van der Waals surface area contributed by atoms with Crippen molar-refractivity contribution in [2.24, 2.45) is 5.92 Å². The SMILES string of the molecule is CC1CCCN(C(=O)c2cc(Cl)nc(Cl)c2)C1C(=O)O. The van der Waals surface area contributed by atoms with Crippen molar-refractivity contribution in [1.82, 2.24) is 9.88 Å². The Morgan fingerprint density at radius 3 is 2.50 bits per heavy atom. The highest BCUT2D eigenvalue weighted by Gasteiger charge is 2.37. The molecule has 0 radical (unpaired) electrons. The van der Waals surface area contributed by atoms with Gasteiger partial charge in [0.2, 0.25) is 0 Å². The van der Waals surface area contributed by atoms with E-state index in [2.05, 4.69) is 4.98 Å². The van der Waals surface area contributed by atoms with Crippen molar-refractivity contribution < 1.29 is 14.7 Å². The summed E-state index contributed by atoms with van der Waals surface area (Å²) in [5.41, 5.74) is 0.260. The second-order valence-corrected chi connectivity index (χ2v) is 5.68. The summed E-state index contributed by atoms with van der Waals surface area (Å²) in [4.78, 5) is 29.0. The van der Waals surface area contributed by atoms with E-state index in [1.165, 1.54) is 17.0 Å². The fourth-order valence-electron chi connectivity index (χ4n) is 2.55. The van der Waals surface area contributed by atoms with Crippen LogP contribution in [0.5, 0.6) is 0 Å². The lowest BCUT2D eigenvalue weighted by atomic mass is 9.90. The molecule has 2 heterocycles. The molecule has 1 N–H and O–H groups in total. The van der Waals surface area contributed by atoms with Crippen molar-refractivity contribution in [2.45, 2.75) is 25.8 Å². The Balaban J connectivity index is 2.32. The first-order valence-electron chi connectivity index (χ1n) is 6.27. The fourth-order valence-corrected chi connectivity index (χ4v) is 3.01. The number of halogens is 2. The molecule has 0 aromatic carbocycles. The minimum absolute atomic E-state index is 0.0852. The van der Waals surface area contributed by atoms with Crippen LogP contribution in [0.1, 0.15) is 30.1 Å². The van der Waals surface area contributed by atoms with Crippen LogP contribution in [-0.4, -0.2) is 39.5 Å². The molecule has 1 aromatic heterocycles. The Morgan fingerprint density at radius 2 is 1.95 bits per heavy atom. The van der Waals surface area contributed by atoms with Crippen LogP contribution in [0.3, 0.4) is 0 Å². The normalized spacial score (nSPS) is 22.6. The van der Waals surface area contributed by atoms with Crippen molar-refractivity contribution in [3.05, 3.63) is 28.0 Å². The Labute approximate surface area is 126 Å². The largest absolute Gasteiger partial charge is 0.480 e. The summed E-state index contributed by atoms with van der Waals surface area (Å²) in [5, 5.41) is 9.54. The Kier molecular flexibility index (Phi) is 4.50. The number of hydrogen-bond donors (Lipinski definition) is 1. The first-order valence-corrected chi connectivity index (χ1v) is 7.02. The van der Waals surface area contributed by atoms with Gasteiger partial charge in [0, 0.05) is 12.1 Å². The van der Waals surface area contributed by atoms with Crippen LogP contribution in [0, 0.1) is 5.92 Å². The number of carboxylic acids is 1. The van der Waals surface area contributed by atoms with Crippen LogP contribution in [-0.2, 0) is 4.79 Å². The molecule has 1 saturated heterocycles. The minimum Gasteiger partial charge on any atom is -0.480 e. The summed E-state index contributed by atoms with van der Waals surface area (Å²) >= 11 is 11.6. The number of aliphatic carboxylic acids is 1. The van der Waals surface area contributed by atoms with E-state index in [0.717, 1.165) is 12.8 Å². The van der Waals surface area contributed by atoms with Gasteiger partial charge in [0.1, 0.15) is 16.3 Å². The molecule has 1 aliphatic heterocycles. The van der Waals surface area contributed by atoms with E-state index in [1.807, 2.05) is 6.92 Å². The van der Waals surface area contributed by atoms with Crippen LogP contribution in [0.25, 0.3) is 0 Å². The molecule has 108 valence electrons. The topological polar surface area (TPSA) is 70.5 Å². The van der Waals surface area contributed by atoms with E-state index in [4.69, 9.17) is 23.2 Å². The third-order valence-corrected chi connectivity index (χ3v) is 3.84. The van der Waals surface area contributed by atoms with Gasteiger partial charge in [-0.1, -0.05) is 30.1 Å². The highest BCUT2D eigenvalue weighted by Crippen LogP contribution is 2.26. The summed E-state index contributed by atoms with van der Waals surface area (Å²) in [7, 11) is 0. The summed E-state index contributed by atoms with van der Waals surface area (Å²) in [6, 6.07) is 1.98. The molecule has 5 nitrogen and oxygen atoms in total. The van der Waals surface area contributed by atoms with Gasteiger partial charge in [-0.3, -0.25) is 4.79 Å². The van der Waals surface area contributed by atoms with Crippen LogP contribution < -0.4 is 0 Å². The first-order chi connectivity index (χ1) is 9.40. The van der Waals surface area contributed by atoms with E-state index < -0.39 is 12.0 Å². The van der Waals surface area contributed by atoms with Gasteiger partial charge < -0.3 is 10.0 Å². The number of aromatic nitrogens is 1. The maximum Gasteiger partial charge on any atom is 0.326 e. The lowest BCUT2D eigenvalue weighted by molar-refractivity contribution is -0.145. The number of likely N-dealkylation sites (tertiary alicyclic amines) is 1. The number of amides is 1. The Morgan fingerprint density at radius 1 is 1.35 bits per heavy atom. The average molecular weight is 317 g/mol. The predicted molar refractivity (Wildman–Crippen MR) is 75.1 cm³/mol. The van der Waals surface area contributed by atoms with Gasteiger partial charge in [0.25, 0.3) is 5.91 Å². The van der Waals surface area contributed by atoms with Gasteiger partial charge >= 0.3 is 5.97 Å². The summed E-state index contributed by atoms with van der Waals surface area (Å²) in [6.45, 7) is 2.25. The first kappa shape index (κ1) is 15.1. The highest BCUT2D eigenvalue weighted by molar-refractivity contribution is 6.33. The molecule has 1 amide bonds. The van der Waals surface area contributed by atoms with Gasteiger partial charge in [0.05, 0.1) is 0 Å². The second-order valence-electron chi connectivity index (χ2n) is 4.90. The molecule has 2 rings (SSSR count). The monoisotopic (exact) mass is 316 g/mol. The molecule has 7 heteroatoms. The highest BCUT2D eigenvalue weighted by atomic mass is 35.5. The zero-order valence-electron chi connectivity index (χ0n) is 10.8. The third-order valence-electron chi connectivity index (χ3n) is 3.46. The van der Waals surface area contributed by atoms with Crippen molar-refractivity contribution >= 4 is 35.1 Å². The van der Waals surface area contributed by atoms with Crippen LogP contribution >= 0.6 is 23.2 Å². The number of carboxylic acid groups (broad SMARTS) is 1. The summed E-state index contributed by atoms with van der Waals surface area (Å²) in [5.74, 6) is -1.45. The number of carbonyl (C=O) groups excluding carboxylic acids is 1. The number of piperidine rings is 1. The molecule has 0 aliphatic carbocycles. The number of rotatable bonds is 2. The summed E-state index contributed by atoms with van der Waals surface area (Å²) in [6.07, 6.45) is 1.57. The zero-order valence-corrected chi connectivity index (χ0v) is 12.4. The summed E-state index contributed by atoms with van der Waals surface area (Å²) < 4.78 is 0. The molecule has 0 saturated carbocycles. The Hall–Kier alpha value is -1.33. The number of hydrogen-bond acceptors (Lipinski definition) is 3. The van der Waals surface area contributed by atoms with Crippen LogP contribution in [0.4, 0.5) is 0 Å². The minimum atomic E-state index is -0.989. The van der Waals surface area contributed by atoms with Crippen molar-refractivity contribution in [1.29, 1.82) is 0 Å². The molecule has 1 fully saturated rings. The standard InChI is InChI=1S/C13H14Cl2N2O3/c1-7-3-2-4-17(11(7)13(19)20)12(18)8-5-9(14)16-10(15)6-8/h5-7,11H,2-4H2,1H3,(H,19,20). The molecular formula is C13H14Cl2N2O3. The smallest absolute Gasteiger partial charge is 0.326 e. The fraction of sp³-hybridized carbons (Fsp3) is 0.462. The van der Waals surface area contributed by atoms with E-state index in [9.17, 15) is 14.7 Å². The van der Waals surface area contributed by atoms with Crippen molar-refractivity contribution in [3.8, 4) is 0 Å². The van der Waals surface area contributed by atoms with Crippen LogP contribution in [0.15, 0.2) is 12.1 Å². The van der Waals surface area contributed by atoms with Crippen molar-refractivity contribution in [2.75, 3.05) is 6.54 Å². The third kappa shape index (κ3) is 3.04. The quantitative estimate of drug-likeness (QED) is 0.852. The van der Waals surface area contributed by atoms with E-state index in [1.54, 1.807) is 0 Å². The van der Waals surface area contributed by atoms with Gasteiger partial charge in [-0.2, -0.15) is 0 Å². The van der Waals surface area contributed by atoms with Gasteiger partial charge in [-0.15, -0.1) is 0 Å². The molecule has 2 unspecified atom stereocenters. The maximum atomic E-state index is 12.5. The van der Waals surface area contributed by atoms with Gasteiger partial charge in [-0.25, -0.2) is 9.78 Å². The molecule has 0 bridgehead atoms. The predicted octanol–water partition coefficient (Wildman–Crippen LogP) is 2.71. The lowest BCUT2D eigenvalue weighted by Crippen LogP contribution is -2.51. The van der Waals surface area contributed by atoms with Crippen LogP contribution in [0.2, 0.25) is 10.3 Å². The molecule has 0 spiro atoms. The van der Waals surface area contributed by atoms with Gasteiger partial charge in [0.15, 0.2) is 0 Å². The average Bonchev–Trinajstić information content (AvgIpc) is 2.35. The molecule has 20 heavy (non-hydrogen) atoms. The zero-order chi connectivity index (χ0) is 14.9. The number of nitrogens with zero attached hydrogens (tertiary/aromatic N) is 2. The van der Waals surface area contributed by atoms with E-state index in [-0.39, 0.29) is 27.7 Å². The molecule has 2 atom stereocenters. The number of pyridine rings is 1. The van der Waals surface area contributed by atoms with Crippen molar-refractivity contribution in [3.63, 3.8) is 0 Å². The Bertz CT molecular complexity index is 530. The molecule has 1 aromatic rings. The maximum absolute atomic E-state index is 12.5. The number of carbonyl (C=O) groups is 2. The lowest BCUT2D eigenvalue weighted by Gasteiger charge is -2.37. The molecule has 1 aliphatic rings.